The maximum atomic E-state index is 12.7. The third-order valence-corrected chi connectivity index (χ3v) is 4.06. The molecule has 1 aliphatic heterocycles. The van der Waals surface area contributed by atoms with Crippen LogP contribution in [0, 0.1) is 13.8 Å². The Labute approximate surface area is 143 Å². The van der Waals surface area contributed by atoms with E-state index in [0.717, 1.165) is 49.7 Å². The maximum absolute atomic E-state index is 12.7. The lowest BCUT2D eigenvalue weighted by molar-refractivity contribution is -0.141. The van der Waals surface area contributed by atoms with E-state index in [1.807, 2.05) is 19.9 Å². The molecule has 6 nitrogen and oxygen atoms in total. The average molecular weight is 352 g/mol. The van der Waals surface area contributed by atoms with Crippen molar-refractivity contribution in [2.45, 2.75) is 38.9 Å². The highest BCUT2D eigenvalue weighted by atomic mass is 19.4. The van der Waals surface area contributed by atoms with E-state index in [4.69, 9.17) is 0 Å². The van der Waals surface area contributed by atoms with Crippen molar-refractivity contribution in [2.24, 2.45) is 0 Å². The van der Waals surface area contributed by atoms with Gasteiger partial charge in [-0.2, -0.15) is 13.2 Å². The van der Waals surface area contributed by atoms with E-state index in [-0.39, 0.29) is 11.9 Å². The number of nitrogens with one attached hydrogen (secondary N) is 1. The Kier molecular flexibility index (Phi) is 4.73. The van der Waals surface area contributed by atoms with Crippen LogP contribution < -0.4 is 10.2 Å². The summed E-state index contributed by atoms with van der Waals surface area (Å²) in [5.41, 5.74) is 0.901. The summed E-state index contributed by atoms with van der Waals surface area (Å²) in [6.07, 6.45) is -2.00. The maximum Gasteiger partial charge on any atom is 0.433 e. The van der Waals surface area contributed by atoms with Gasteiger partial charge in [-0.1, -0.05) is 0 Å². The molecule has 134 valence electrons. The van der Waals surface area contributed by atoms with E-state index in [2.05, 4.69) is 30.2 Å². The minimum atomic E-state index is -4.47. The van der Waals surface area contributed by atoms with Crippen molar-refractivity contribution < 1.29 is 13.2 Å². The highest BCUT2D eigenvalue weighted by molar-refractivity contribution is 5.38. The summed E-state index contributed by atoms with van der Waals surface area (Å²) in [6.45, 7) is 5.33. The number of alkyl halides is 3. The first-order valence-electron chi connectivity index (χ1n) is 8.04. The van der Waals surface area contributed by atoms with Gasteiger partial charge in [0.05, 0.1) is 0 Å². The van der Waals surface area contributed by atoms with E-state index in [1.165, 1.54) is 0 Å². The van der Waals surface area contributed by atoms with E-state index in [1.54, 1.807) is 0 Å². The van der Waals surface area contributed by atoms with Gasteiger partial charge in [0.2, 0.25) is 5.95 Å². The van der Waals surface area contributed by atoms with E-state index < -0.39 is 11.9 Å². The number of nitrogens with zero attached hydrogens (tertiary/aromatic N) is 5. The fourth-order valence-electron chi connectivity index (χ4n) is 2.87. The summed E-state index contributed by atoms with van der Waals surface area (Å²) in [4.78, 5) is 18.2. The molecule has 0 saturated carbocycles. The minimum Gasteiger partial charge on any atom is -0.367 e. The van der Waals surface area contributed by atoms with Crippen molar-refractivity contribution in [3.8, 4) is 0 Å². The van der Waals surface area contributed by atoms with Gasteiger partial charge < -0.3 is 10.2 Å². The summed E-state index contributed by atoms with van der Waals surface area (Å²) >= 11 is 0. The van der Waals surface area contributed by atoms with Crippen molar-refractivity contribution in [3.05, 3.63) is 35.5 Å². The van der Waals surface area contributed by atoms with Crippen LogP contribution in [-0.4, -0.2) is 39.1 Å². The summed E-state index contributed by atoms with van der Waals surface area (Å²) in [5, 5.41) is 3.07. The predicted molar refractivity (Wildman–Crippen MR) is 87.4 cm³/mol. The van der Waals surface area contributed by atoms with Crippen LogP contribution in [0.15, 0.2) is 18.5 Å². The van der Waals surface area contributed by atoms with Crippen molar-refractivity contribution in [3.63, 3.8) is 0 Å². The highest BCUT2D eigenvalue weighted by Gasteiger charge is 2.33. The lowest BCUT2D eigenvalue weighted by Crippen LogP contribution is -2.40. The molecule has 25 heavy (non-hydrogen) atoms. The molecule has 2 aromatic heterocycles. The molecule has 0 aromatic carbocycles. The van der Waals surface area contributed by atoms with Gasteiger partial charge in [0.15, 0.2) is 0 Å². The molecule has 0 amide bonds. The Morgan fingerprint density at radius 1 is 1.04 bits per heavy atom. The SMILES string of the molecule is Cc1cc(C)nc(N2CCC(Nc3cc(C(F)(F)F)ncn3)CC2)n1. The zero-order chi connectivity index (χ0) is 18.0. The van der Waals surface area contributed by atoms with Gasteiger partial charge in [0, 0.05) is 36.6 Å². The molecule has 1 N–H and O–H groups in total. The zero-order valence-electron chi connectivity index (χ0n) is 14.0. The van der Waals surface area contributed by atoms with Crippen molar-refractivity contribution in [2.75, 3.05) is 23.3 Å². The molecule has 2 aromatic rings. The molecule has 1 fully saturated rings. The van der Waals surface area contributed by atoms with Crippen molar-refractivity contribution >= 4 is 11.8 Å². The Morgan fingerprint density at radius 3 is 2.28 bits per heavy atom. The van der Waals surface area contributed by atoms with E-state index in [9.17, 15) is 13.2 Å². The highest BCUT2D eigenvalue weighted by Crippen LogP contribution is 2.28. The van der Waals surface area contributed by atoms with Gasteiger partial charge >= 0.3 is 6.18 Å². The first-order valence-corrected chi connectivity index (χ1v) is 8.04. The minimum absolute atomic E-state index is 0.0538. The number of rotatable bonds is 3. The molecule has 0 bridgehead atoms. The molecular formula is C16H19F3N6. The Hall–Kier alpha value is -2.45. The topological polar surface area (TPSA) is 66.8 Å². The lowest BCUT2D eigenvalue weighted by atomic mass is 10.1. The summed E-state index contributed by atoms with van der Waals surface area (Å²) in [5.74, 6) is 0.903. The first-order chi connectivity index (χ1) is 11.8. The molecule has 1 aliphatic rings. The van der Waals surface area contributed by atoms with E-state index in [0.29, 0.717) is 5.95 Å². The molecule has 3 heterocycles. The number of piperidine rings is 1. The largest absolute Gasteiger partial charge is 0.433 e. The Balaban J connectivity index is 1.61. The fourth-order valence-corrected chi connectivity index (χ4v) is 2.87. The van der Waals surface area contributed by atoms with Crippen LogP contribution >= 0.6 is 0 Å². The van der Waals surface area contributed by atoms with Gasteiger partial charge in [0.25, 0.3) is 0 Å². The standard InChI is InChI=1S/C16H19F3N6/c1-10-7-11(2)23-15(22-10)25-5-3-12(4-6-25)24-14-8-13(16(17,18)19)20-9-21-14/h7-9,12H,3-6H2,1-2H3,(H,20,21,24). The lowest BCUT2D eigenvalue weighted by Gasteiger charge is -2.32. The second-order valence-electron chi connectivity index (χ2n) is 6.14. The molecule has 0 unspecified atom stereocenters. The quantitative estimate of drug-likeness (QED) is 0.916. The summed E-state index contributed by atoms with van der Waals surface area (Å²) in [7, 11) is 0. The molecule has 0 aliphatic carbocycles. The van der Waals surface area contributed by atoms with Crippen LogP contribution in [0.1, 0.15) is 29.9 Å². The smallest absolute Gasteiger partial charge is 0.367 e. The summed E-state index contributed by atoms with van der Waals surface area (Å²) in [6, 6.07) is 2.92. The second kappa shape index (κ2) is 6.81. The molecular weight excluding hydrogens is 333 g/mol. The molecule has 0 radical (unpaired) electrons. The van der Waals surface area contributed by atoms with Gasteiger partial charge in [-0.25, -0.2) is 19.9 Å². The molecule has 1 saturated heterocycles. The first kappa shape index (κ1) is 17.4. The normalized spacial score (nSPS) is 16.1. The third-order valence-electron chi connectivity index (χ3n) is 4.06. The number of aromatic nitrogens is 4. The number of hydrogen-bond donors (Lipinski definition) is 1. The van der Waals surface area contributed by atoms with Crippen LogP contribution in [-0.2, 0) is 6.18 Å². The zero-order valence-corrected chi connectivity index (χ0v) is 14.0. The van der Waals surface area contributed by atoms with Crippen molar-refractivity contribution in [1.29, 1.82) is 0 Å². The third kappa shape index (κ3) is 4.34. The van der Waals surface area contributed by atoms with E-state index >= 15 is 0 Å². The monoisotopic (exact) mass is 352 g/mol. The average Bonchev–Trinajstić information content (AvgIpc) is 2.54. The fraction of sp³-hybridized carbons (Fsp3) is 0.500. The van der Waals surface area contributed by atoms with Crippen LogP contribution in [0.3, 0.4) is 0 Å². The van der Waals surface area contributed by atoms with Crippen LogP contribution in [0.4, 0.5) is 24.9 Å². The Morgan fingerprint density at radius 2 is 1.68 bits per heavy atom. The number of anilines is 2. The van der Waals surface area contributed by atoms with Crippen LogP contribution in [0.25, 0.3) is 0 Å². The second-order valence-corrected chi connectivity index (χ2v) is 6.14. The Bertz CT molecular complexity index is 721. The van der Waals surface area contributed by atoms with Crippen LogP contribution in [0.5, 0.6) is 0 Å². The van der Waals surface area contributed by atoms with Gasteiger partial charge in [-0.15, -0.1) is 0 Å². The molecule has 3 rings (SSSR count). The van der Waals surface area contributed by atoms with Gasteiger partial charge in [-0.3, -0.25) is 0 Å². The molecule has 9 heteroatoms. The summed E-state index contributed by atoms with van der Waals surface area (Å²) < 4.78 is 38.1. The van der Waals surface area contributed by atoms with Gasteiger partial charge in [0.1, 0.15) is 17.8 Å². The number of aryl methyl sites for hydroxylation is 2. The molecule has 0 atom stereocenters. The number of halogens is 3. The predicted octanol–water partition coefficient (Wildman–Crippen LogP) is 2.98. The molecule has 0 spiro atoms. The van der Waals surface area contributed by atoms with Crippen LogP contribution in [0.2, 0.25) is 0 Å². The van der Waals surface area contributed by atoms with Gasteiger partial charge in [-0.05, 0) is 32.8 Å². The van der Waals surface area contributed by atoms with Crippen molar-refractivity contribution in [1.82, 2.24) is 19.9 Å². The number of hydrogen-bond acceptors (Lipinski definition) is 6.